The molecule has 3 nitrogen and oxygen atoms in total. The number of hydrogen-bond acceptors (Lipinski definition) is 3. The van der Waals surface area contributed by atoms with Crippen molar-refractivity contribution in [2.45, 2.75) is 63.1 Å². The van der Waals surface area contributed by atoms with Crippen molar-refractivity contribution in [1.82, 2.24) is 4.90 Å². The quantitative estimate of drug-likeness (QED) is 0.817. The highest BCUT2D eigenvalue weighted by molar-refractivity contribution is 4.96. The number of hydrogen-bond donors (Lipinski definition) is 1. The van der Waals surface area contributed by atoms with Crippen molar-refractivity contribution in [1.29, 1.82) is 0 Å². The second kappa shape index (κ2) is 5.48. The third-order valence-electron chi connectivity index (χ3n) is 5.68. The summed E-state index contributed by atoms with van der Waals surface area (Å²) in [5.74, 6) is 1.69. The molecule has 18 heavy (non-hydrogen) atoms. The largest absolute Gasteiger partial charge is 0.381 e. The van der Waals surface area contributed by atoms with Crippen LogP contribution >= 0.6 is 0 Å². The van der Waals surface area contributed by atoms with Crippen molar-refractivity contribution in [3.63, 3.8) is 0 Å². The van der Waals surface area contributed by atoms with E-state index in [9.17, 15) is 0 Å². The Morgan fingerprint density at radius 2 is 1.78 bits per heavy atom. The molecule has 0 aromatic heterocycles. The van der Waals surface area contributed by atoms with Crippen molar-refractivity contribution < 1.29 is 4.74 Å². The van der Waals surface area contributed by atoms with Gasteiger partial charge in [-0.05, 0) is 50.4 Å². The van der Waals surface area contributed by atoms with Crippen LogP contribution in [0.2, 0.25) is 0 Å². The van der Waals surface area contributed by atoms with Gasteiger partial charge in [0.2, 0.25) is 0 Å². The number of ether oxygens (including phenoxy) is 1. The number of methoxy groups -OCH3 is 1. The van der Waals surface area contributed by atoms with E-state index in [1.54, 1.807) is 0 Å². The van der Waals surface area contributed by atoms with Gasteiger partial charge in [-0.2, -0.15) is 0 Å². The Balaban J connectivity index is 1.55. The van der Waals surface area contributed by atoms with Crippen LogP contribution in [-0.2, 0) is 4.74 Å². The fraction of sp³-hybridized carbons (Fsp3) is 1.00. The zero-order chi connectivity index (χ0) is 12.5. The van der Waals surface area contributed by atoms with Gasteiger partial charge in [0.1, 0.15) is 0 Å². The van der Waals surface area contributed by atoms with Crippen LogP contribution in [-0.4, -0.2) is 43.3 Å². The van der Waals surface area contributed by atoms with Crippen molar-refractivity contribution in [3.05, 3.63) is 0 Å². The summed E-state index contributed by atoms with van der Waals surface area (Å²) in [4.78, 5) is 2.76. The normalized spacial score (nSPS) is 46.0. The Morgan fingerprint density at radius 3 is 2.44 bits per heavy atom. The molecule has 0 aromatic rings. The predicted molar refractivity (Wildman–Crippen MR) is 73.4 cm³/mol. The van der Waals surface area contributed by atoms with E-state index in [0.29, 0.717) is 12.1 Å². The Bertz CT molecular complexity index is 276. The molecule has 3 fully saturated rings. The average Bonchev–Trinajstić information content (AvgIpc) is 2.84. The Morgan fingerprint density at radius 1 is 1.00 bits per heavy atom. The summed E-state index contributed by atoms with van der Waals surface area (Å²) in [6.45, 7) is 2.59. The van der Waals surface area contributed by atoms with E-state index in [1.165, 1.54) is 58.0 Å². The van der Waals surface area contributed by atoms with Crippen LogP contribution in [0.1, 0.15) is 44.9 Å². The third kappa shape index (κ3) is 2.45. The highest BCUT2D eigenvalue weighted by Crippen LogP contribution is 2.38. The molecule has 104 valence electrons. The first-order valence-electron chi connectivity index (χ1n) is 7.80. The van der Waals surface area contributed by atoms with Crippen LogP contribution in [0.3, 0.4) is 0 Å². The SMILES string of the molecule is COC1CCC(N2CC3CCCC(N)C3C2)CC1. The molecule has 1 saturated heterocycles. The summed E-state index contributed by atoms with van der Waals surface area (Å²) < 4.78 is 5.48. The predicted octanol–water partition coefficient (Wildman–Crippen LogP) is 2.00. The van der Waals surface area contributed by atoms with E-state index in [2.05, 4.69) is 4.90 Å². The van der Waals surface area contributed by atoms with Gasteiger partial charge in [0.05, 0.1) is 6.10 Å². The van der Waals surface area contributed by atoms with Gasteiger partial charge < -0.3 is 10.5 Å². The molecule has 3 aliphatic rings. The molecule has 0 radical (unpaired) electrons. The Hall–Kier alpha value is -0.120. The molecular weight excluding hydrogens is 224 g/mol. The van der Waals surface area contributed by atoms with Gasteiger partial charge in [0.15, 0.2) is 0 Å². The first kappa shape index (κ1) is 12.9. The summed E-state index contributed by atoms with van der Waals surface area (Å²) in [5, 5.41) is 0. The van der Waals surface area contributed by atoms with Crippen LogP contribution < -0.4 is 5.73 Å². The van der Waals surface area contributed by atoms with E-state index >= 15 is 0 Å². The summed E-state index contributed by atoms with van der Waals surface area (Å²) in [6.07, 6.45) is 9.70. The lowest BCUT2D eigenvalue weighted by atomic mass is 9.78. The summed E-state index contributed by atoms with van der Waals surface area (Å²) >= 11 is 0. The van der Waals surface area contributed by atoms with Gasteiger partial charge in [-0.15, -0.1) is 0 Å². The molecule has 1 aliphatic heterocycles. The van der Waals surface area contributed by atoms with E-state index in [0.717, 1.165) is 17.9 Å². The van der Waals surface area contributed by atoms with Crippen LogP contribution in [0.15, 0.2) is 0 Å². The molecule has 3 heteroatoms. The first-order valence-corrected chi connectivity index (χ1v) is 7.80. The first-order chi connectivity index (χ1) is 8.78. The molecule has 0 spiro atoms. The van der Waals surface area contributed by atoms with Crippen LogP contribution in [0.25, 0.3) is 0 Å². The second-order valence-corrected chi connectivity index (χ2v) is 6.64. The standard InChI is InChI=1S/C15H28N2O/c1-18-13-7-5-12(6-8-13)17-9-11-3-2-4-15(16)14(11)10-17/h11-15H,2-10,16H2,1H3. The Kier molecular flexibility index (Phi) is 3.92. The second-order valence-electron chi connectivity index (χ2n) is 6.64. The molecule has 0 aromatic carbocycles. The van der Waals surface area contributed by atoms with Crippen molar-refractivity contribution in [2.24, 2.45) is 17.6 Å². The van der Waals surface area contributed by atoms with Crippen LogP contribution in [0, 0.1) is 11.8 Å². The van der Waals surface area contributed by atoms with Crippen LogP contribution in [0.5, 0.6) is 0 Å². The molecule has 3 unspecified atom stereocenters. The summed E-state index contributed by atoms with van der Waals surface area (Å²) in [6, 6.07) is 1.29. The molecule has 3 atom stereocenters. The van der Waals surface area contributed by atoms with Gasteiger partial charge in [-0.3, -0.25) is 4.90 Å². The van der Waals surface area contributed by atoms with Gasteiger partial charge in [-0.25, -0.2) is 0 Å². The Labute approximate surface area is 111 Å². The summed E-state index contributed by atoms with van der Waals surface area (Å²) in [7, 11) is 1.86. The fourth-order valence-corrected chi connectivity index (χ4v) is 4.50. The summed E-state index contributed by atoms with van der Waals surface area (Å²) in [5.41, 5.74) is 6.31. The van der Waals surface area contributed by atoms with E-state index in [4.69, 9.17) is 10.5 Å². The van der Waals surface area contributed by atoms with E-state index in [1.807, 2.05) is 7.11 Å². The van der Waals surface area contributed by atoms with Crippen molar-refractivity contribution in [3.8, 4) is 0 Å². The lowest BCUT2D eigenvalue weighted by Gasteiger charge is -2.34. The number of likely N-dealkylation sites (tertiary alicyclic amines) is 1. The van der Waals surface area contributed by atoms with Crippen LogP contribution in [0.4, 0.5) is 0 Å². The molecule has 2 N–H and O–H groups in total. The molecular formula is C15H28N2O. The topological polar surface area (TPSA) is 38.5 Å². The minimum atomic E-state index is 0.476. The highest BCUT2D eigenvalue weighted by atomic mass is 16.5. The third-order valence-corrected chi connectivity index (χ3v) is 5.68. The van der Waals surface area contributed by atoms with E-state index in [-0.39, 0.29) is 0 Å². The smallest absolute Gasteiger partial charge is 0.0572 e. The van der Waals surface area contributed by atoms with Crippen molar-refractivity contribution >= 4 is 0 Å². The van der Waals surface area contributed by atoms with Gasteiger partial charge >= 0.3 is 0 Å². The number of fused-ring (bicyclic) bond motifs is 1. The molecule has 1 heterocycles. The lowest BCUT2D eigenvalue weighted by Crippen LogP contribution is -2.40. The van der Waals surface area contributed by atoms with Gasteiger partial charge in [0.25, 0.3) is 0 Å². The molecule has 3 rings (SSSR count). The number of rotatable bonds is 2. The minimum Gasteiger partial charge on any atom is -0.381 e. The highest BCUT2D eigenvalue weighted by Gasteiger charge is 2.41. The van der Waals surface area contributed by atoms with Crippen molar-refractivity contribution in [2.75, 3.05) is 20.2 Å². The molecule has 0 amide bonds. The zero-order valence-electron chi connectivity index (χ0n) is 11.7. The lowest BCUT2D eigenvalue weighted by molar-refractivity contribution is 0.0424. The molecule has 0 bridgehead atoms. The minimum absolute atomic E-state index is 0.476. The van der Waals surface area contributed by atoms with E-state index < -0.39 is 0 Å². The van der Waals surface area contributed by atoms with Gasteiger partial charge in [-0.1, -0.05) is 6.42 Å². The zero-order valence-corrected chi connectivity index (χ0v) is 11.7. The maximum atomic E-state index is 6.31. The monoisotopic (exact) mass is 252 g/mol. The maximum Gasteiger partial charge on any atom is 0.0572 e. The number of nitrogens with two attached hydrogens (primary N) is 1. The fourth-order valence-electron chi connectivity index (χ4n) is 4.50. The maximum absolute atomic E-state index is 6.31. The number of nitrogens with zero attached hydrogens (tertiary/aromatic N) is 1. The molecule has 2 saturated carbocycles. The van der Waals surface area contributed by atoms with Gasteiger partial charge in [0, 0.05) is 32.3 Å². The average molecular weight is 252 g/mol. The molecule has 2 aliphatic carbocycles.